The van der Waals surface area contributed by atoms with Crippen molar-refractivity contribution >= 4 is 11.4 Å². The van der Waals surface area contributed by atoms with E-state index in [2.05, 4.69) is 97.1 Å². The first-order valence-electron chi connectivity index (χ1n) is 10.7. The summed E-state index contributed by atoms with van der Waals surface area (Å²) in [5.74, 6) is 0. The number of nitrogen functional groups attached to an aromatic ring is 2. The molecular weight excluding hydrogens is 388 g/mol. The van der Waals surface area contributed by atoms with Crippen LogP contribution in [0.3, 0.4) is 0 Å². The van der Waals surface area contributed by atoms with E-state index >= 15 is 0 Å². The number of benzene rings is 5. The fourth-order valence-corrected chi connectivity index (χ4v) is 4.15. The van der Waals surface area contributed by atoms with E-state index in [1.165, 1.54) is 33.4 Å². The van der Waals surface area contributed by atoms with Crippen molar-refractivity contribution in [3.63, 3.8) is 0 Å². The summed E-state index contributed by atoms with van der Waals surface area (Å²) < 4.78 is 0. The first-order chi connectivity index (χ1) is 15.7. The quantitative estimate of drug-likeness (QED) is 0.300. The summed E-state index contributed by atoms with van der Waals surface area (Å²) in [5.41, 5.74) is 22.8. The molecule has 0 aliphatic rings. The number of hydrogen-bond donors (Lipinski definition) is 2. The molecular formula is C30H24N2. The average molecular weight is 413 g/mol. The van der Waals surface area contributed by atoms with Crippen molar-refractivity contribution in [2.45, 2.75) is 0 Å². The van der Waals surface area contributed by atoms with Gasteiger partial charge in [-0.2, -0.15) is 0 Å². The molecule has 0 heterocycles. The van der Waals surface area contributed by atoms with E-state index < -0.39 is 0 Å². The van der Waals surface area contributed by atoms with Crippen molar-refractivity contribution in [3.8, 4) is 44.5 Å². The number of nitrogens with two attached hydrogens (primary N) is 2. The Morgan fingerprint density at radius 3 is 1.03 bits per heavy atom. The van der Waals surface area contributed by atoms with Crippen LogP contribution >= 0.6 is 0 Å². The fourth-order valence-electron chi connectivity index (χ4n) is 4.15. The van der Waals surface area contributed by atoms with Gasteiger partial charge in [0, 0.05) is 11.4 Å². The van der Waals surface area contributed by atoms with Gasteiger partial charge in [-0.25, -0.2) is 0 Å². The van der Waals surface area contributed by atoms with Crippen LogP contribution in [0.15, 0.2) is 121 Å². The standard InChI is InChI=1S/C30H24N2/c31-25-16-12-21(13-17-25)27-8-1-3-10-29(27)23-6-5-7-24(20-23)30-11-4-2-9-28(30)22-14-18-26(32)19-15-22/h1-20H,31-32H2. The normalized spacial score (nSPS) is 10.8. The molecule has 5 rings (SSSR count). The highest BCUT2D eigenvalue weighted by Gasteiger charge is 2.11. The van der Waals surface area contributed by atoms with Gasteiger partial charge in [0.05, 0.1) is 0 Å². The molecule has 0 aliphatic heterocycles. The van der Waals surface area contributed by atoms with Crippen LogP contribution < -0.4 is 11.5 Å². The Labute approximate surface area is 188 Å². The number of hydrogen-bond acceptors (Lipinski definition) is 2. The maximum atomic E-state index is 5.90. The molecule has 0 aromatic heterocycles. The van der Waals surface area contributed by atoms with E-state index in [0.29, 0.717) is 0 Å². The van der Waals surface area contributed by atoms with Crippen LogP contribution in [-0.4, -0.2) is 0 Å². The maximum absolute atomic E-state index is 5.90. The van der Waals surface area contributed by atoms with Gasteiger partial charge in [-0.15, -0.1) is 0 Å². The molecule has 0 unspecified atom stereocenters. The second-order valence-corrected chi connectivity index (χ2v) is 7.92. The Morgan fingerprint density at radius 1 is 0.312 bits per heavy atom. The second-order valence-electron chi connectivity index (χ2n) is 7.92. The molecule has 154 valence electrons. The third kappa shape index (κ3) is 3.86. The molecule has 0 bridgehead atoms. The van der Waals surface area contributed by atoms with Crippen molar-refractivity contribution in [3.05, 3.63) is 121 Å². The summed E-state index contributed by atoms with van der Waals surface area (Å²) in [6, 6.07) is 41.9. The highest BCUT2D eigenvalue weighted by atomic mass is 14.5. The molecule has 0 atom stereocenters. The van der Waals surface area contributed by atoms with E-state index in [0.717, 1.165) is 22.5 Å². The van der Waals surface area contributed by atoms with E-state index in [4.69, 9.17) is 11.5 Å². The minimum Gasteiger partial charge on any atom is -0.399 e. The summed E-state index contributed by atoms with van der Waals surface area (Å²) in [6.45, 7) is 0. The fraction of sp³-hybridized carbons (Fsp3) is 0. The lowest BCUT2D eigenvalue weighted by atomic mass is 9.90. The average Bonchev–Trinajstić information content (AvgIpc) is 2.85. The van der Waals surface area contributed by atoms with Crippen LogP contribution in [0.5, 0.6) is 0 Å². The molecule has 5 aromatic rings. The van der Waals surface area contributed by atoms with E-state index in [9.17, 15) is 0 Å². The molecule has 0 amide bonds. The van der Waals surface area contributed by atoms with Gasteiger partial charge in [0.15, 0.2) is 0 Å². The summed E-state index contributed by atoms with van der Waals surface area (Å²) in [6.07, 6.45) is 0. The zero-order valence-corrected chi connectivity index (χ0v) is 17.7. The summed E-state index contributed by atoms with van der Waals surface area (Å²) in [5, 5.41) is 0. The van der Waals surface area contributed by atoms with Crippen molar-refractivity contribution < 1.29 is 0 Å². The van der Waals surface area contributed by atoms with Crippen molar-refractivity contribution in [2.75, 3.05) is 11.5 Å². The number of rotatable bonds is 4. The van der Waals surface area contributed by atoms with Crippen molar-refractivity contribution in [2.24, 2.45) is 0 Å². The third-order valence-corrected chi connectivity index (χ3v) is 5.78. The molecule has 0 aliphatic carbocycles. The molecule has 5 aromatic carbocycles. The lowest BCUT2D eigenvalue weighted by Gasteiger charge is -2.14. The van der Waals surface area contributed by atoms with Gasteiger partial charge in [-0.05, 0) is 74.8 Å². The molecule has 32 heavy (non-hydrogen) atoms. The SMILES string of the molecule is Nc1ccc(-c2ccccc2-c2cccc(-c3ccccc3-c3ccc(N)cc3)c2)cc1. The van der Waals surface area contributed by atoms with Gasteiger partial charge in [0.2, 0.25) is 0 Å². The van der Waals surface area contributed by atoms with Gasteiger partial charge in [0.25, 0.3) is 0 Å². The van der Waals surface area contributed by atoms with Crippen LogP contribution in [0.25, 0.3) is 44.5 Å². The Morgan fingerprint density at radius 2 is 0.656 bits per heavy atom. The van der Waals surface area contributed by atoms with E-state index in [-0.39, 0.29) is 0 Å². The predicted molar refractivity (Wildman–Crippen MR) is 137 cm³/mol. The van der Waals surface area contributed by atoms with Gasteiger partial charge in [0.1, 0.15) is 0 Å². The first kappa shape index (κ1) is 19.7. The van der Waals surface area contributed by atoms with E-state index in [1.54, 1.807) is 0 Å². The third-order valence-electron chi connectivity index (χ3n) is 5.78. The van der Waals surface area contributed by atoms with Crippen LogP contribution in [-0.2, 0) is 0 Å². The van der Waals surface area contributed by atoms with Gasteiger partial charge < -0.3 is 11.5 Å². The monoisotopic (exact) mass is 412 g/mol. The topological polar surface area (TPSA) is 52.0 Å². The highest BCUT2D eigenvalue weighted by Crippen LogP contribution is 2.37. The summed E-state index contributed by atoms with van der Waals surface area (Å²) >= 11 is 0. The first-order valence-corrected chi connectivity index (χ1v) is 10.7. The van der Waals surface area contributed by atoms with Crippen LogP contribution in [0.2, 0.25) is 0 Å². The Hall–Kier alpha value is -4.30. The lowest BCUT2D eigenvalue weighted by Crippen LogP contribution is -1.89. The zero-order valence-electron chi connectivity index (χ0n) is 17.7. The second kappa shape index (κ2) is 8.44. The highest BCUT2D eigenvalue weighted by molar-refractivity contribution is 5.89. The molecule has 0 spiro atoms. The summed E-state index contributed by atoms with van der Waals surface area (Å²) in [4.78, 5) is 0. The predicted octanol–water partition coefficient (Wildman–Crippen LogP) is 7.52. The lowest BCUT2D eigenvalue weighted by molar-refractivity contribution is 1.55. The van der Waals surface area contributed by atoms with Gasteiger partial charge >= 0.3 is 0 Å². The van der Waals surface area contributed by atoms with Gasteiger partial charge in [-0.3, -0.25) is 0 Å². The van der Waals surface area contributed by atoms with Crippen molar-refractivity contribution in [1.29, 1.82) is 0 Å². The number of anilines is 2. The Bertz CT molecular complexity index is 1260. The maximum Gasteiger partial charge on any atom is 0.0314 e. The molecule has 0 fully saturated rings. The minimum atomic E-state index is 0.771. The Balaban J connectivity index is 1.61. The van der Waals surface area contributed by atoms with Crippen molar-refractivity contribution in [1.82, 2.24) is 0 Å². The van der Waals surface area contributed by atoms with Crippen LogP contribution in [0, 0.1) is 0 Å². The minimum absolute atomic E-state index is 0.771. The molecule has 0 radical (unpaired) electrons. The smallest absolute Gasteiger partial charge is 0.0314 e. The zero-order chi connectivity index (χ0) is 21.9. The molecule has 4 N–H and O–H groups in total. The molecule has 2 nitrogen and oxygen atoms in total. The molecule has 2 heteroatoms. The molecule has 0 saturated carbocycles. The van der Waals surface area contributed by atoms with Gasteiger partial charge in [-0.1, -0.05) is 91.0 Å². The molecule has 0 saturated heterocycles. The van der Waals surface area contributed by atoms with Crippen LogP contribution in [0.1, 0.15) is 0 Å². The van der Waals surface area contributed by atoms with Crippen LogP contribution in [0.4, 0.5) is 11.4 Å². The summed E-state index contributed by atoms with van der Waals surface area (Å²) in [7, 11) is 0. The Kier molecular flexibility index (Phi) is 5.19. The van der Waals surface area contributed by atoms with E-state index in [1.807, 2.05) is 24.3 Å². The largest absolute Gasteiger partial charge is 0.399 e.